The van der Waals surface area contributed by atoms with E-state index in [2.05, 4.69) is 0 Å². The monoisotopic (exact) mass is 266 g/mol. The molecule has 2 atom stereocenters. The third-order valence-electron chi connectivity index (χ3n) is 3.76. The van der Waals surface area contributed by atoms with Crippen LogP contribution in [0.25, 0.3) is 0 Å². The summed E-state index contributed by atoms with van der Waals surface area (Å²) in [4.78, 5) is 12.3. The summed E-state index contributed by atoms with van der Waals surface area (Å²) in [5.41, 5.74) is 2.20. The van der Waals surface area contributed by atoms with Gasteiger partial charge in [0.2, 0.25) is 0 Å². The van der Waals surface area contributed by atoms with Crippen LogP contribution in [-0.2, 0) is 21.1 Å². The van der Waals surface area contributed by atoms with Gasteiger partial charge in [0.25, 0.3) is 0 Å². The lowest BCUT2D eigenvalue weighted by molar-refractivity contribution is -0.120. The first-order valence-corrected chi connectivity index (χ1v) is 8.17. The Morgan fingerprint density at radius 3 is 2.67 bits per heavy atom. The van der Waals surface area contributed by atoms with Crippen LogP contribution in [0.15, 0.2) is 24.3 Å². The lowest BCUT2D eigenvalue weighted by Gasteiger charge is -2.26. The molecule has 2 rings (SSSR count). The van der Waals surface area contributed by atoms with Crippen LogP contribution in [0.1, 0.15) is 36.8 Å². The minimum absolute atomic E-state index is 0.162. The van der Waals surface area contributed by atoms with E-state index < -0.39 is 15.1 Å². The smallest absolute Gasteiger partial charge is 0.158 e. The molecule has 0 radical (unpaired) electrons. The van der Waals surface area contributed by atoms with Gasteiger partial charge in [-0.2, -0.15) is 0 Å². The maximum atomic E-state index is 12.3. The first-order chi connectivity index (χ1) is 8.41. The summed E-state index contributed by atoms with van der Waals surface area (Å²) >= 11 is 0. The van der Waals surface area contributed by atoms with Crippen molar-refractivity contribution in [3.05, 3.63) is 35.4 Å². The van der Waals surface area contributed by atoms with Crippen molar-refractivity contribution in [2.45, 2.75) is 37.4 Å². The zero-order valence-corrected chi connectivity index (χ0v) is 11.5. The molecule has 0 heterocycles. The fraction of sp³-hybridized carbons (Fsp3) is 0.500. The largest absolute Gasteiger partial charge is 0.298 e. The topological polar surface area (TPSA) is 51.2 Å². The number of hydrogen-bond donors (Lipinski definition) is 0. The molecule has 0 saturated heterocycles. The van der Waals surface area contributed by atoms with Crippen LogP contribution in [0.5, 0.6) is 0 Å². The molecule has 18 heavy (non-hydrogen) atoms. The summed E-state index contributed by atoms with van der Waals surface area (Å²) < 4.78 is 23.0. The Morgan fingerprint density at radius 2 is 2.00 bits per heavy atom. The lowest BCUT2D eigenvalue weighted by Crippen LogP contribution is -2.32. The van der Waals surface area contributed by atoms with E-state index in [-0.39, 0.29) is 11.7 Å². The minimum Gasteiger partial charge on any atom is -0.298 e. The van der Waals surface area contributed by atoms with Crippen molar-refractivity contribution in [1.29, 1.82) is 0 Å². The molecule has 0 N–H and O–H groups in total. The molecule has 98 valence electrons. The molecule has 0 amide bonds. The van der Waals surface area contributed by atoms with Gasteiger partial charge >= 0.3 is 0 Å². The van der Waals surface area contributed by atoms with Crippen LogP contribution in [0.3, 0.4) is 0 Å². The molecule has 0 bridgehead atoms. The molecular weight excluding hydrogens is 248 g/mol. The van der Waals surface area contributed by atoms with E-state index in [1.807, 2.05) is 24.3 Å². The molecule has 0 aromatic heterocycles. The number of ketones is 1. The highest BCUT2D eigenvalue weighted by Crippen LogP contribution is 2.33. The average molecular weight is 266 g/mol. The van der Waals surface area contributed by atoms with Gasteiger partial charge in [-0.3, -0.25) is 4.79 Å². The second-order valence-electron chi connectivity index (χ2n) is 5.02. The average Bonchev–Trinajstić information content (AvgIpc) is 2.35. The van der Waals surface area contributed by atoms with Gasteiger partial charge in [0.05, 0.1) is 0 Å². The van der Waals surface area contributed by atoms with Crippen molar-refractivity contribution in [1.82, 2.24) is 0 Å². The Balaban J connectivity index is 2.34. The van der Waals surface area contributed by atoms with Crippen molar-refractivity contribution in [3.8, 4) is 0 Å². The zero-order valence-electron chi connectivity index (χ0n) is 10.7. The normalized spacial score (nSPS) is 21.1. The Labute approximate surface area is 108 Å². The number of carbonyl (C=O) groups excluding carboxylic acids is 1. The highest BCUT2D eigenvalue weighted by Gasteiger charge is 2.33. The molecule has 0 spiro atoms. The summed E-state index contributed by atoms with van der Waals surface area (Å²) in [7, 11) is -3.30. The van der Waals surface area contributed by atoms with Crippen LogP contribution in [-0.4, -0.2) is 25.7 Å². The second kappa shape index (κ2) is 4.84. The Kier molecular flexibility index (Phi) is 3.57. The molecule has 0 fully saturated rings. The highest BCUT2D eigenvalue weighted by molar-refractivity contribution is 7.92. The fourth-order valence-corrected chi connectivity index (χ4v) is 3.13. The van der Waals surface area contributed by atoms with Crippen molar-refractivity contribution >= 4 is 15.6 Å². The number of rotatable bonds is 3. The number of sulfone groups is 1. The van der Waals surface area contributed by atoms with Gasteiger partial charge in [-0.1, -0.05) is 24.3 Å². The van der Waals surface area contributed by atoms with E-state index in [0.717, 1.165) is 31.1 Å². The molecule has 2 unspecified atom stereocenters. The van der Waals surface area contributed by atoms with Crippen molar-refractivity contribution in [3.63, 3.8) is 0 Å². The molecule has 0 aliphatic heterocycles. The summed E-state index contributed by atoms with van der Waals surface area (Å²) in [5.74, 6) is -0.413. The number of benzene rings is 1. The van der Waals surface area contributed by atoms with E-state index in [1.165, 1.54) is 12.5 Å². The van der Waals surface area contributed by atoms with E-state index in [4.69, 9.17) is 0 Å². The predicted octanol–water partition coefficient (Wildman–Crippen LogP) is 2.11. The van der Waals surface area contributed by atoms with Gasteiger partial charge in [0.15, 0.2) is 15.6 Å². The third-order valence-corrected chi connectivity index (χ3v) is 5.27. The van der Waals surface area contributed by atoms with Gasteiger partial charge in [-0.15, -0.1) is 0 Å². The first-order valence-electron chi connectivity index (χ1n) is 6.21. The van der Waals surface area contributed by atoms with Crippen LogP contribution in [0, 0.1) is 0 Å². The fourth-order valence-electron chi connectivity index (χ4n) is 2.54. The molecule has 1 aliphatic rings. The lowest BCUT2D eigenvalue weighted by atomic mass is 9.80. The maximum absolute atomic E-state index is 12.3. The second-order valence-corrected chi connectivity index (χ2v) is 7.38. The van der Waals surface area contributed by atoms with Crippen molar-refractivity contribution in [2.24, 2.45) is 0 Å². The highest BCUT2D eigenvalue weighted by atomic mass is 32.2. The molecule has 4 heteroatoms. The van der Waals surface area contributed by atoms with E-state index in [0.29, 0.717) is 0 Å². The van der Waals surface area contributed by atoms with Crippen molar-refractivity contribution < 1.29 is 13.2 Å². The summed E-state index contributed by atoms with van der Waals surface area (Å²) in [6.07, 6.45) is 3.82. The molecular formula is C14H18O3S. The number of hydrogen-bond acceptors (Lipinski definition) is 3. The van der Waals surface area contributed by atoms with Crippen molar-refractivity contribution in [2.75, 3.05) is 6.26 Å². The Bertz CT molecular complexity index is 560. The maximum Gasteiger partial charge on any atom is 0.158 e. The van der Waals surface area contributed by atoms with Crippen LogP contribution < -0.4 is 0 Å². The van der Waals surface area contributed by atoms with Gasteiger partial charge < -0.3 is 0 Å². The van der Waals surface area contributed by atoms with Gasteiger partial charge in [0, 0.05) is 12.2 Å². The van der Waals surface area contributed by atoms with Crippen LogP contribution in [0.4, 0.5) is 0 Å². The predicted molar refractivity (Wildman–Crippen MR) is 71.4 cm³/mol. The molecule has 1 aromatic carbocycles. The Morgan fingerprint density at radius 1 is 1.33 bits per heavy atom. The number of aryl methyl sites for hydroxylation is 1. The van der Waals surface area contributed by atoms with E-state index in [9.17, 15) is 13.2 Å². The molecule has 1 aromatic rings. The first kappa shape index (κ1) is 13.3. The summed E-state index contributed by atoms with van der Waals surface area (Å²) in [6.45, 7) is 1.49. The minimum atomic E-state index is -3.30. The molecule has 3 nitrogen and oxygen atoms in total. The molecule has 1 aliphatic carbocycles. The summed E-state index contributed by atoms with van der Waals surface area (Å²) in [6, 6.07) is 7.85. The van der Waals surface area contributed by atoms with E-state index in [1.54, 1.807) is 0 Å². The van der Waals surface area contributed by atoms with Gasteiger partial charge in [-0.25, -0.2) is 8.42 Å². The molecule has 0 saturated carbocycles. The number of carbonyl (C=O) groups is 1. The third kappa shape index (κ3) is 2.48. The number of Topliss-reactive ketones (excluding diaryl/α,β-unsaturated/α-hetero) is 1. The standard InChI is InChI=1S/C14H18O3S/c1-10(18(2,16)17)14(15)13-9-5-7-11-6-3-4-8-12(11)13/h3-4,6,8,10,13H,5,7,9H2,1-2H3. The zero-order chi connectivity index (χ0) is 13.3. The van der Waals surface area contributed by atoms with Gasteiger partial charge in [-0.05, 0) is 37.3 Å². The quantitative estimate of drug-likeness (QED) is 0.842. The van der Waals surface area contributed by atoms with Crippen LogP contribution in [0.2, 0.25) is 0 Å². The van der Waals surface area contributed by atoms with Gasteiger partial charge in [0.1, 0.15) is 5.25 Å². The van der Waals surface area contributed by atoms with Crippen LogP contribution >= 0.6 is 0 Å². The number of fused-ring (bicyclic) bond motifs is 1. The van der Waals surface area contributed by atoms with E-state index >= 15 is 0 Å². The Hall–Kier alpha value is -1.16. The summed E-state index contributed by atoms with van der Waals surface area (Å²) in [5, 5.41) is -0.909. The SMILES string of the molecule is CC(C(=O)C1CCCc2ccccc21)S(C)(=O)=O.